The number of carbonyl (C=O) groups is 1. The molecule has 0 saturated carbocycles. The summed E-state index contributed by atoms with van der Waals surface area (Å²) in [7, 11) is 0. The van der Waals surface area contributed by atoms with Gasteiger partial charge in [0.2, 0.25) is 0 Å². The Kier molecular flexibility index (Phi) is 3.63. The highest BCUT2D eigenvalue weighted by Crippen LogP contribution is 2.51. The van der Waals surface area contributed by atoms with Gasteiger partial charge in [0.1, 0.15) is 12.1 Å². The van der Waals surface area contributed by atoms with Crippen molar-refractivity contribution in [2.45, 2.75) is 37.5 Å². The summed E-state index contributed by atoms with van der Waals surface area (Å²) in [6, 6.07) is 5.96. The molecule has 140 valence electrons. The summed E-state index contributed by atoms with van der Waals surface area (Å²) >= 11 is 6.32. The highest BCUT2D eigenvalue weighted by atomic mass is 35.5. The van der Waals surface area contributed by atoms with Crippen molar-refractivity contribution in [1.82, 2.24) is 14.9 Å². The van der Waals surface area contributed by atoms with E-state index >= 15 is 0 Å². The largest absolute Gasteiger partial charge is 0.465 e. The fourth-order valence-electron chi connectivity index (χ4n) is 5.05. The maximum absolute atomic E-state index is 11.5. The first-order chi connectivity index (χ1) is 13.0. The van der Waals surface area contributed by atoms with Gasteiger partial charge in [-0.25, -0.2) is 14.8 Å². The molecule has 1 amide bonds. The van der Waals surface area contributed by atoms with E-state index < -0.39 is 6.09 Å². The molecule has 1 spiro atoms. The molecule has 1 fully saturated rings. The van der Waals surface area contributed by atoms with E-state index in [9.17, 15) is 9.90 Å². The van der Waals surface area contributed by atoms with Crippen LogP contribution in [0.1, 0.15) is 42.5 Å². The lowest BCUT2D eigenvalue weighted by atomic mass is 9.81. The third-order valence-corrected chi connectivity index (χ3v) is 6.65. The molecule has 7 heteroatoms. The van der Waals surface area contributed by atoms with Crippen LogP contribution in [0.15, 0.2) is 24.5 Å². The topological polar surface area (TPSA) is 69.6 Å². The molecule has 27 heavy (non-hydrogen) atoms. The van der Waals surface area contributed by atoms with E-state index in [1.54, 1.807) is 6.33 Å². The Bertz CT molecular complexity index is 950. The Labute approximate surface area is 162 Å². The molecular weight excluding hydrogens is 364 g/mol. The molecule has 0 bridgehead atoms. The molecule has 3 heterocycles. The average molecular weight is 385 g/mol. The van der Waals surface area contributed by atoms with Crippen molar-refractivity contribution in [3.05, 3.63) is 46.4 Å². The second kappa shape index (κ2) is 5.83. The van der Waals surface area contributed by atoms with Crippen LogP contribution in [0.3, 0.4) is 0 Å². The minimum atomic E-state index is -0.856. The van der Waals surface area contributed by atoms with Crippen molar-refractivity contribution in [1.29, 1.82) is 0 Å². The first kappa shape index (κ1) is 16.8. The monoisotopic (exact) mass is 384 g/mol. The van der Waals surface area contributed by atoms with Gasteiger partial charge in [0.05, 0.1) is 0 Å². The Hall–Kier alpha value is -2.34. The first-order valence-corrected chi connectivity index (χ1v) is 9.75. The predicted molar refractivity (Wildman–Crippen MR) is 103 cm³/mol. The van der Waals surface area contributed by atoms with E-state index in [2.05, 4.69) is 21.8 Å². The fraction of sp³-hybridized carbons (Fsp3) is 0.450. The Morgan fingerprint density at radius 3 is 2.96 bits per heavy atom. The Morgan fingerprint density at radius 2 is 2.19 bits per heavy atom. The van der Waals surface area contributed by atoms with Crippen molar-refractivity contribution in [2.24, 2.45) is 0 Å². The quantitative estimate of drug-likeness (QED) is 0.806. The van der Waals surface area contributed by atoms with Crippen LogP contribution in [0.5, 0.6) is 0 Å². The van der Waals surface area contributed by atoms with Gasteiger partial charge in [0.25, 0.3) is 0 Å². The van der Waals surface area contributed by atoms with Crippen LogP contribution < -0.4 is 4.90 Å². The van der Waals surface area contributed by atoms with Gasteiger partial charge in [0, 0.05) is 47.0 Å². The lowest BCUT2D eigenvalue weighted by Gasteiger charge is -2.26. The number of anilines is 2. The molecule has 6 nitrogen and oxygen atoms in total. The van der Waals surface area contributed by atoms with Crippen molar-refractivity contribution in [3.8, 4) is 0 Å². The number of benzene rings is 1. The second-order valence-electron chi connectivity index (χ2n) is 7.98. The van der Waals surface area contributed by atoms with Gasteiger partial charge in [-0.15, -0.1) is 0 Å². The number of hydrogen-bond acceptors (Lipinski definition) is 4. The molecule has 1 aliphatic carbocycles. The van der Waals surface area contributed by atoms with Gasteiger partial charge in [-0.1, -0.05) is 18.5 Å². The SMILES string of the molecule is C[C@@H]1CCc2ncnc(N3CC4(CCN(C(=O)O)C4)c4cc(Cl)ccc43)c21. The van der Waals surface area contributed by atoms with Gasteiger partial charge in [0.15, 0.2) is 0 Å². The van der Waals surface area contributed by atoms with E-state index in [1.165, 1.54) is 10.5 Å². The molecule has 2 atom stereocenters. The smallest absolute Gasteiger partial charge is 0.407 e. The minimum Gasteiger partial charge on any atom is -0.465 e. The maximum Gasteiger partial charge on any atom is 0.407 e. The van der Waals surface area contributed by atoms with E-state index in [0.717, 1.165) is 48.6 Å². The molecule has 1 N–H and O–H groups in total. The molecule has 2 aromatic rings. The standard InChI is InChI=1S/C20H21ClN4O2/c1-12-2-4-15-17(12)18(23-11-22-15)25-10-20(6-7-24(9-20)19(26)27)14-8-13(21)3-5-16(14)25/h3,5,8,11-12H,2,4,6-7,9-10H2,1H3,(H,26,27)/t12-,20?/m1/s1. The zero-order valence-electron chi connectivity index (χ0n) is 15.2. The van der Waals surface area contributed by atoms with Crippen LogP contribution in [0.4, 0.5) is 16.3 Å². The zero-order chi connectivity index (χ0) is 18.8. The number of aromatic nitrogens is 2. The highest BCUT2D eigenvalue weighted by molar-refractivity contribution is 6.30. The van der Waals surface area contributed by atoms with Crippen molar-refractivity contribution in [2.75, 3.05) is 24.5 Å². The summed E-state index contributed by atoms with van der Waals surface area (Å²) in [5.74, 6) is 1.40. The molecule has 1 aromatic heterocycles. The van der Waals surface area contributed by atoms with Crippen LogP contribution in [0, 0.1) is 0 Å². The molecule has 1 aromatic carbocycles. The fourth-order valence-corrected chi connectivity index (χ4v) is 5.23. The van der Waals surface area contributed by atoms with Gasteiger partial charge >= 0.3 is 6.09 Å². The minimum absolute atomic E-state index is 0.238. The molecule has 5 rings (SSSR count). The Morgan fingerprint density at radius 1 is 1.33 bits per heavy atom. The lowest BCUT2D eigenvalue weighted by Crippen LogP contribution is -2.37. The number of rotatable bonds is 1. The summed E-state index contributed by atoms with van der Waals surface area (Å²) in [5.41, 5.74) is 4.37. The number of hydrogen-bond donors (Lipinski definition) is 1. The Balaban J connectivity index is 1.63. The van der Waals surface area contributed by atoms with Crippen molar-refractivity contribution < 1.29 is 9.90 Å². The molecular formula is C20H21ClN4O2. The first-order valence-electron chi connectivity index (χ1n) is 9.38. The maximum atomic E-state index is 11.5. The van der Waals surface area contributed by atoms with Crippen LogP contribution in [-0.2, 0) is 11.8 Å². The van der Waals surface area contributed by atoms with E-state index in [0.29, 0.717) is 24.0 Å². The van der Waals surface area contributed by atoms with Crippen molar-refractivity contribution >= 4 is 29.2 Å². The molecule has 1 saturated heterocycles. The number of amides is 1. The molecule has 1 unspecified atom stereocenters. The van der Waals surface area contributed by atoms with E-state index in [4.69, 9.17) is 11.6 Å². The van der Waals surface area contributed by atoms with Crippen LogP contribution in [0.25, 0.3) is 0 Å². The second-order valence-corrected chi connectivity index (χ2v) is 8.42. The molecule has 2 aliphatic heterocycles. The summed E-state index contributed by atoms with van der Waals surface area (Å²) in [6.07, 6.45) is 3.69. The predicted octanol–water partition coefficient (Wildman–Crippen LogP) is 3.95. The van der Waals surface area contributed by atoms with Crippen molar-refractivity contribution in [3.63, 3.8) is 0 Å². The number of likely N-dealkylation sites (tertiary alicyclic amines) is 1. The molecule has 0 radical (unpaired) electrons. The van der Waals surface area contributed by atoms with Crippen LogP contribution >= 0.6 is 11.6 Å². The zero-order valence-corrected chi connectivity index (χ0v) is 15.9. The van der Waals surface area contributed by atoms with Gasteiger partial charge < -0.3 is 14.9 Å². The summed E-state index contributed by atoms with van der Waals surface area (Å²) in [5, 5.41) is 10.2. The van der Waals surface area contributed by atoms with Crippen LogP contribution in [0.2, 0.25) is 5.02 Å². The van der Waals surface area contributed by atoms with E-state index in [-0.39, 0.29) is 5.41 Å². The van der Waals surface area contributed by atoms with Crippen LogP contribution in [-0.4, -0.2) is 45.7 Å². The normalized spacial score (nSPS) is 25.9. The number of fused-ring (bicyclic) bond motifs is 3. The molecule has 3 aliphatic rings. The van der Waals surface area contributed by atoms with Gasteiger partial charge in [-0.2, -0.15) is 0 Å². The third-order valence-electron chi connectivity index (χ3n) is 6.41. The number of aryl methyl sites for hydroxylation is 1. The third kappa shape index (κ3) is 2.42. The summed E-state index contributed by atoms with van der Waals surface area (Å²) < 4.78 is 0. The summed E-state index contributed by atoms with van der Waals surface area (Å²) in [4.78, 5) is 24.5. The highest BCUT2D eigenvalue weighted by Gasteiger charge is 2.49. The van der Waals surface area contributed by atoms with E-state index in [1.807, 2.05) is 18.2 Å². The number of nitrogens with zero attached hydrogens (tertiary/aromatic N) is 4. The number of halogens is 1. The average Bonchev–Trinajstić information content (AvgIpc) is 3.33. The summed E-state index contributed by atoms with van der Waals surface area (Å²) in [6.45, 7) is 4.00. The lowest BCUT2D eigenvalue weighted by molar-refractivity contribution is 0.153. The number of carboxylic acid groups (broad SMARTS) is 1. The van der Waals surface area contributed by atoms with Gasteiger partial charge in [-0.3, -0.25) is 0 Å². The van der Waals surface area contributed by atoms with Gasteiger partial charge in [-0.05, 0) is 48.9 Å².